The summed E-state index contributed by atoms with van der Waals surface area (Å²) in [6.07, 6.45) is 2.80. The molecular weight excluding hydrogens is 306 g/mol. The van der Waals surface area contributed by atoms with E-state index < -0.39 is 0 Å². The van der Waals surface area contributed by atoms with Crippen molar-refractivity contribution in [2.45, 2.75) is 6.42 Å². The second-order valence-corrected chi connectivity index (χ2v) is 6.19. The molecule has 0 spiro atoms. The second-order valence-electron chi connectivity index (χ2n) is 5.78. The zero-order valence-corrected chi connectivity index (χ0v) is 13.9. The Morgan fingerprint density at radius 2 is 1.78 bits per heavy atom. The molecule has 1 N–H and O–H groups in total. The minimum Gasteiger partial charge on any atom is -0.352 e. The van der Waals surface area contributed by atoms with Crippen LogP contribution >= 0.6 is 12.2 Å². The first-order valence-electron chi connectivity index (χ1n) is 7.97. The first-order chi connectivity index (χ1) is 11.2. The van der Waals surface area contributed by atoms with Crippen LogP contribution in [0.1, 0.15) is 15.9 Å². The molecule has 120 valence electrons. The van der Waals surface area contributed by atoms with Crippen molar-refractivity contribution in [3.63, 3.8) is 0 Å². The van der Waals surface area contributed by atoms with Gasteiger partial charge in [0, 0.05) is 38.9 Å². The van der Waals surface area contributed by atoms with Gasteiger partial charge < -0.3 is 9.88 Å². The fourth-order valence-electron chi connectivity index (χ4n) is 2.87. The van der Waals surface area contributed by atoms with Crippen LogP contribution < -0.4 is 0 Å². The van der Waals surface area contributed by atoms with Crippen LogP contribution in [0.3, 0.4) is 0 Å². The maximum atomic E-state index is 12.5. The third-order valence-electron chi connectivity index (χ3n) is 4.27. The number of piperazine rings is 1. The normalized spacial score (nSPS) is 15.6. The standard InChI is InChI=1S/C18H21N3OS/c22-18(16-7-4-9-19-17(16)23)21-13-11-20(12-14-21)10-8-15-5-2-1-3-6-15/h1-7,9H,8,10-14H2,(H,19,23). The molecule has 0 aliphatic carbocycles. The van der Waals surface area contributed by atoms with Gasteiger partial charge in [-0.1, -0.05) is 42.5 Å². The summed E-state index contributed by atoms with van der Waals surface area (Å²) in [6, 6.07) is 14.1. The molecule has 0 unspecified atom stereocenters. The summed E-state index contributed by atoms with van der Waals surface area (Å²) in [5.41, 5.74) is 1.96. The van der Waals surface area contributed by atoms with E-state index in [4.69, 9.17) is 12.2 Å². The van der Waals surface area contributed by atoms with E-state index in [1.807, 2.05) is 17.0 Å². The Morgan fingerprint density at radius 1 is 1.04 bits per heavy atom. The number of pyridine rings is 1. The van der Waals surface area contributed by atoms with E-state index in [0.717, 1.165) is 39.1 Å². The molecule has 1 aromatic carbocycles. The number of carbonyl (C=O) groups is 1. The van der Waals surface area contributed by atoms with Crippen LogP contribution in [0, 0.1) is 4.64 Å². The minimum absolute atomic E-state index is 0.0366. The fraction of sp³-hybridized carbons (Fsp3) is 0.333. The predicted molar refractivity (Wildman–Crippen MR) is 94.1 cm³/mol. The molecule has 0 bridgehead atoms. The van der Waals surface area contributed by atoms with Crippen molar-refractivity contribution in [2.75, 3.05) is 32.7 Å². The highest BCUT2D eigenvalue weighted by atomic mass is 32.1. The Hall–Kier alpha value is -1.98. The number of aromatic amines is 1. The van der Waals surface area contributed by atoms with Crippen LogP contribution in [-0.2, 0) is 6.42 Å². The van der Waals surface area contributed by atoms with Gasteiger partial charge in [-0.15, -0.1) is 0 Å². The van der Waals surface area contributed by atoms with Crippen LogP contribution in [0.25, 0.3) is 0 Å². The van der Waals surface area contributed by atoms with Crippen molar-refractivity contribution in [3.8, 4) is 0 Å². The van der Waals surface area contributed by atoms with E-state index in [-0.39, 0.29) is 5.91 Å². The molecule has 1 fully saturated rings. The molecule has 1 aliphatic heterocycles. The number of hydrogen-bond donors (Lipinski definition) is 1. The Kier molecular flexibility index (Phi) is 5.20. The van der Waals surface area contributed by atoms with Gasteiger partial charge >= 0.3 is 0 Å². The third-order valence-corrected chi connectivity index (χ3v) is 4.61. The summed E-state index contributed by atoms with van der Waals surface area (Å²) in [4.78, 5) is 19.8. The van der Waals surface area contributed by atoms with E-state index in [2.05, 4.69) is 34.1 Å². The van der Waals surface area contributed by atoms with Gasteiger partial charge in [0.15, 0.2) is 0 Å². The van der Waals surface area contributed by atoms with Gasteiger partial charge in [-0.3, -0.25) is 9.69 Å². The van der Waals surface area contributed by atoms with E-state index in [9.17, 15) is 4.79 Å². The van der Waals surface area contributed by atoms with Gasteiger partial charge in [-0.2, -0.15) is 0 Å². The molecule has 23 heavy (non-hydrogen) atoms. The van der Waals surface area contributed by atoms with Crippen molar-refractivity contribution in [1.29, 1.82) is 0 Å². The maximum absolute atomic E-state index is 12.5. The topological polar surface area (TPSA) is 39.3 Å². The van der Waals surface area contributed by atoms with Gasteiger partial charge in [0.1, 0.15) is 4.64 Å². The van der Waals surface area contributed by atoms with Crippen LogP contribution in [0.4, 0.5) is 0 Å². The lowest BCUT2D eigenvalue weighted by molar-refractivity contribution is 0.0637. The molecule has 1 amide bonds. The van der Waals surface area contributed by atoms with Crippen molar-refractivity contribution >= 4 is 18.1 Å². The molecule has 0 radical (unpaired) electrons. The van der Waals surface area contributed by atoms with Crippen molar-refractivity contribution in [3.05, 3.63) is 64.4 Å². The number of nitrogens with zero attached hydrogens (tertiary/aromatic N) is 2. The molecule has 2 heterocycles. The number of nitrogens with one attached hydrogen (secondary N) is 1. The Bertz CT molecular complexity index is 705. The molecule has 0 saturated carbocycles. The number of benzene rings is 1. The summed E-state index contributed by atoms with van der Waals surface area (Å²) >= 11 is 5.20. The van der Waals surface area contributed by atoms with Crippen molar-refractivity contribution in [2.24, 2.45) is 0 Å². The van der Waals surface area contributed by atoms with Gasteiger partial charge in [-0.05, 0) is 24.1 Å². The number of amides is 1. The number of rotatable bonds is 4. The summed E-state index contributed by atoms with van der Waals surface area (Å²) < 4.78 is 0.518. The number of hydrogen-bond acceptors (Lipinski definition) is 3. The summed E-state index contributed by atoms with van der Waals surface area (Å²) in [7, 11) is 0. The van der Waals surface area contributed by atoms with Crippen LogP contribution in [0.5, 0.6) is 0 Å². The monoisotopic (exact) mass is 327 g/mol. The summed E-state index contributed by atoms with van der Waals surface area (Å²) in [5, 5.41) is 0. The third kappa shape index (κ3) is 4.06. The molecule has 1 saturated heterocycles. The lowest BCUT2D eigenvalue weighted by atomic mass is 10.1. The van der Waals surface area contributed by atoms with Crippen LogP contribution in [0.15, 0.2) is 48.7 Å². The Labute approximate surface area is 141 Å². The number of carbonyl (C=O) groups excluding carboxylic acids is 1. The molecular formula is C18H21N3OS. The van der Waals surface area contributed by atoms with Crippen LogP contribution in [-0.4, -0.2) is 53.4 Å². The first-order valence-corrected chi connectivity index (χ1v) is 8.38. The minimum atomic E-state index is 0.0366. The van der Waals surface area contributed by atoms with Crippen molar-refractivity contribution < 1.29 is 4.79 Å². The van der Waals surface area contributed by atoms with E-state index >= 15 is 0 Å². The lowest BCUT2D eigenvalue weighted by Crippen LogP contribution is -2.49. The smallest absolute Gasteiger partial charge is 0.256 e. The van der Waals surface area contributed by atoms with Gasteiger partial charge in [0.2, 0.25) is 0 Å². The summed E-state index contributed by atoms with van der Waals surface area (Å²) in [6.45, 7) is 4.40. The number of aromatic nitrogens is 1. The van der Waals surface area contributed by atoms with E-state index in [1.54, 1.807) is 12.3 Å². The highest BCUT2D eigenvalue weighted by molar-refractivity contribution is 7.71. The SMILES string of the molecule is O=C(c1ccc[nH]c1=S)N1CCN(CCc2ccccc2)CC1. The highest BCUT2D eigenvalue weighted by Gasteiger charge is 2.22. The largest absolute Gasteiger partial charge is 0.352 e. The predicted octanol–water partition coefficient (Wildman–Crippen LogP) is 2.74. The zero-order chi connectivity index (χ0) is 16.1. The van der Waals surface area contributed by atoms with Gasteiger partial charge in [0.25, 0.3) is 5.91 Å². The molecule has 2 aromatic rings. The van der Waals surface area contributed by atoms with Gasteiger partial charge in [-0.25, -0.2) is 0 Å². The Morgan fingerprint density at radius 3 is 2.48 bits per heavy atom. The second kappa shape index (κ2) is 7.53. The molecule has 1 aliphatic rings. The molecule has 0 atom stereocenters. The average molecular weight is 327 g/mol. The van der Waals surface area contributed by atoms with E-state index in [0.29, 0.717) is 10.2 Å². The van der Waals surface area contributed by atoms with Crippen molar-refractivity contribution in [1.82, 2.24) is 14.8 Å². The quantitative estimate of drug-likeness (QED) is 0.878. The molecule has 3 rings (SSSR count). The fourth-order valence-corrected chi connectivity index (χ4v) is 3.09. The number of H-pyrrole nitrogens is 1. The average Bonchev–Trinajstić information content (AvgIpc) is 2.61. The highest BCUT2D eigenvalue weighted by Crippen LogP contribution is 2.10. The molecule has 4 nitrogen and oxygen atoms in total. The Balaban J connectivity index is 1.51. The lowest BCUT2D eigenvalue weighted by Gasteiger charge is -2.34. The maximum Gasteiger partial charge on any atom is 0.256 e. The van der Waals surface area contributed by atoms with E-state index in [1.165, 1.54) is 5.56 Å². The van der Waals surface area contributed by atoms with Crippen LogP contribution in [0.2, 0.25) is 0 Å². The van der Waals surface area contributed by atoms with Gasteiger partial charge in [0.05, 0.1) is 5.56 Å². The molecule has 1 aromatic heterocycles. The molecule has 5 heteroatoms. The summed E-state index contributed by atoms with van der Waals surface area (Å²) in [5.74, 6) is 0.0366. The first kappa shape index (κ1) is 15.9. The zero-order valence-electron chi connectivity index (χ0n) is 13.1.